The fourth-order valence-electron chi connectivity index (χ4n) is 3.79. The van der Waals surface area contributed by atoms with Crippen LogP contribution >= 0.6 is 11.3 Å². The molecule has 0 unspecified atom stereocenters. The van der Waals surface area contributed by atoms with Gasteiger partial charge in [0.25, 0.3) is 0 Å². The first-order chi connectivity index (χ1) is 14.1. The summed E-state index contributed by atoms with van der Waals surface area (Å²) in [5.41, 5.74) is 2.20. The first-order valence-corrected chi connectivity index (χ1v) is 10.9. The van der Waals surface area contributed by atoms with Gasteiger partial charge < -0.3 is 10.1 Å². The molecule has 1 aromatic heterocycles. The Kier molecular flexibility index (Phi) is 6.13. The Balaban J connectivity index is 1.29. The highest BCUT2D eigenvalue weighted by atomic mass is 32.1. The van der Waals surface area contributed by atoms with Crippen LogP contribution in [0.3, 0.4) is 0 Å². The van der Waals surface area contributed by atoms with Gasteiger partial charge in [-0.2, -0.15) is 0 Å². The van der Waals surface area contributed by atoms with Crippen molar-refractivity contribution < 1.29 is 9.53 Å². The number of nitrogens with zero attached hydrogens (tertiary/aromatic N) is 2. The maximum absolute atomic E-state index is 12.7. The van der Waals surface area contributed by atoms with Gasteiger partial charge >= 0.3 is 0 Å². The molecule has 3 aromatic rings. The van der Waals surface area contributed by atoms with Gasteiger partial charge in [0.15, 0.2) is 0 Å². The van der Waals surface area contributed by atoms with Crippen molar-refractivity contribution >= 4 is 33.0 Å². The molecule has 4 rings (SSSR count). The van der Waals surface area contributed by atoms with Gasteiger partial charge in [-0.3, -0.25) is 14.6 Å². The van der Waals surface area contributed by atoms with E-state index in [-0.39, 0.29) is 11.9 Å². The smallest absolute Gasteiger partial charge is 0.241 e. The average molecular weight is 410 g/mol. The van der Waals surface area contributed by atoms with Crippen molar-refractivity contribution in [3.63, 3.8) is 0 Å². The number of nitrogens with one attached hydrogen (secondary N) is 1. The van der Waals surface area contributed by atoms with Crippen LogP contribution in [0.5, 0.6) is 5.75 Å². The van der Waals surface area contributed by atoms with Crippen molar-refractivity contribution in [3.05, 3.63) is 59.5 Å². The van der Waals surface area contributed by atoms with E-state index in [0.717, 1.165) is 44.2 Å². The molecule has 1 amide bonds. The third kappa shape index (κ3) is 4.61. The van der Waals surface area contributed by atoms with Crippen LogP contribution in [0.4, 0.5) is 5.69 Å². The van der Waals surface area contributed by atoms with Gasteiger partial charge in [0, 0.05) is 43.1 Å². The fraction of sp³-hybridized carbons (Fsp3) is 0.348. The maximum atomic E-state index is 12.7. The van der Waals surface area contributed by atoms with Crippen LogP contribution in [0.1, 0.15) is 12.5 Å². The van der Waals surface area contributed by atoms with E-state index >= 15 is 0 Å². The minimum absolute atomic E-state index is 0.0347. The van der Waals surface area contributed by atoms with E-state index in [2.05, 4.69) is 44.8 Å². The lowest BCUT2D eigenvalue weighted by molar-refractivity contribution is -0.121. The van der Waals surface area contributed by atoms with Crippen molar-refractivity contribution in [1.82, 2.24) is 9.80 Å². The van der Waals surface area contributed by atoms with E-state index in [1.165, 1.54) is 15.6 Å². The van der Waals surface area contributed by atoms with Crippen LogP contribution in [-0.4, -0.2) is 55.0 Å². The van der Waals surface area contributed by atoms with Crippen LogP contribution < -0.4 is 10.1 Å². The first kappa shape index (κ1) is 19.9. The van der Waals surface area contributed by atoms with Crippen LogP contribution in [0, 0.1) is 0 Å². The number of hydrogen-bond acceptors (Lipinski definition) is 5. The molecule has 152 valence electrons. The second-order valence-electron chi connectivity index (χ2n) is 7.46. The maximum Gasteiger partial charge on any atom is 0.241 e. The molecule has 0 saturated carbocycles. The van der Waals surface area contributed by atoms with Crippen LogP contribution in [0.25, 0.3) is 10.1 Å². The standard InChI is InChI=1S/C23H27N3O2S/c1-17(23(27)24-19-7-9-20(28-2)10-8-19)26-13-11-25(12-14-26)15-18-16-29-22-6-4-3-5-21(18)22/h3-10,16-17H,11-15H2,1-2H3,(H,24,27)/t17-/m0/s1. The number of thiophene rings is 1. The lowest BCUT2D eigenvalue weighted by Crippen LogP contribution is -2.52. The van der Waals surface area contributed by atoms with Gasteiger partial charge in [-0.05, 0) is 53.6 Å². The molecule has 1 atom stereocenters. The van der Waals surface area contributed by atoms with Crippen molar-refractivity contribution in [2.24, 2.45) is 0 Å². The largest absolute Gasteiger partial charge is 0.497 e. The number of anilines is 1. The molecule has 5 nitrogen and oxygen atoms in total. The lowest BCUT2D eigenvalue weighted by Gasteiger charge is -2.37. The van der Waals surface area contributed by atoms with E-state index in [9.17, 15) is 4.79 Å². The monoisotopic (exact) mass is 409 g/mol. The minimum Gasteiger partial charge on any atom is -0.497 e. The highest BCUT2D eigenvalue weighted by Crippen LogP contribution is 2.27. The zero-order valence-electron chi connectivity index (χ0n) is 16.9. The van der Waals surface area contributed by atoms with Gasteiger partial charge in [-0.1, -0.05) is 18.2 Å². The summed E-state index contributed by atoms with van der Waals surface area (Å²) in [4.78, 5) is 17.4. The number of ether oxygens (including phenoxy) is 1. The Bertz CT molecular complexity index is 962. The van der Waals surface area contributed by atoms with Crippen LogP contribution in [-0.2, 0) is 11.3 Å². The summed E-state index contributed by atoms with van der Waals surface area (Å²) >= 11 is 1.82. The summed E-state index contributed by atoms with van der Waals surface area (Å²) in [5, 5.41) is 6.66. The molecule has 6 heteroatoms. The number of carbonyl (C=O) groups is 1. The Morgan fingerprint density at radius 1 is 1.10 bits per heavy atom. The molecular formula is C23H27N3O2S. The molecule has 1 N–H and O–H groups in total. The number of carbonyl (C=O) groups excluding carboxylic acids is 1. The summed E-state index contributed by atoms with van der Waals surface area (Å²) in [7, 11) is 1.64. The number of methoxy groups -OCH3 is 1. The molecule has 0 aliphatic carbocycles. The van der Waals surface area contributed by atoms with E-state index in [1.54, 1.807) is 7.11 Å². The summed E-state index contributed by atoms with van der Waals surface area (Å²) in [6, 6.07) is 15.9. The zero-order valence-corrected chi connectivity index (χ0v) is 17.7. The molecule has 1 aliphatic rings. The molecule has 0 spiro atoms. The van der Waals surface area contributed by atoms with Gasteiger partial charge in [0.05, 0.1) is 13.2 Å². The predicted octanol–water partition coefficient (Wildman–Crippen LogP) is 4.05. The lowest BCUT2D eigenvalue weighted by atomic mass is 10.1. The van der Waals surface area contributed by atoms with Crippen molar-refractivity contribution in [2.75, 3.05) is 38.6 Å². The highest BCUT2D eigenvalue weighted by Gasteiger charge is 2.26. The molecule has 29 heavy (non-hydrogen) atoms. The molecule has 1 fully saturated rings. The van der Waals surface area contributed by atoms with Gasteiger partial charge in [0.1, 0.15) is 5.75 Å². The summed E-state index contributed by atoms with van der Waals surface area (Å²) in [6.07, 6.45) is 0. The topological polar surface area (TPSA) is 44.8 Å². The quantitative estimate of drug-likeness (QED) is 0.667. The zero-order chi connectivity index (χ0) is 20.2. The number of rotatable bonds is 6. The van der Waals surface area contributed by atoms with Crippen molar-refractivity contribution in [1.29, 1.82) is 0 Å². The Hall–Kier alpha value is -2.41. The molecule has 2 aromatic carbocycles. The summed E-state index contributed by atoms with van der Waals surface area (Å²) in [6.45, 7) is 6.72. The van der Waals surface area contributed by atoms with E-state index in [4.69, 9.17) is 4.74 Å². The Labute approximate surface area is 175 Å². The average Bonchev–Trinajstić information content (AvgIpc) is 3.17. The predicted molar refractivity (Wildman–Crippen MR) is 120 cm³/mol. The van der Waals surface area contributed by atoms with Crippen molar-refractivity contribution in [2.45, 2.75) is 19.5 Å². The van der Waals surface area contributed by atoms with E-state index in [0.29, 0.717) is 0 Å². The minimum atomic E-state index is -0.152. The molecular weight excluding hydrogens is 382 g/mol. The normalized spacial score (nSPS) is 16.6. The van der Waals surface area contributed by atoms with Crippen LogP contribution in [0.15, 0.2) is 53.9 Å². The number of amides is 1. The van der Waals surface area contributed by atoms with Crippen molar-refractivity contribution in [3.8, 4) is 5.75 Å². The number of piperazine rings is 1. The first-order valence-electron chi connectivity index (χ1n) is 10.0. The molecule has 0 bridgehead atoms. The SMILES string of the molecule is COc1ccc(NC(=O)[C@H](C)N2CCN(Cc3csc4ccccc34)CC2)cc1. The highest BCUT2D eigenvalue weighted by molar-refractivity contribution is 7.17. The van der Waals surface area contributed by atoms with E-state index in [1.807, 2.05) is 42.5 Å². The molecule has 1 aliphatic heterocycles. The Morgan fingerprint density at radius 3 is 2.55 bits per heavy atom. The second kappa shape index (κ2) is 8.95. The summed E-state index contributed by atoms with van der Waals surface area (Å²) in [5.74, 6) is 0.818. The third-order valence-corrected chi connectivity index (χ3v) is 6.66. The number of hydrogen-bond donors (Lipinski definition) is 1. The molecule has 1 saturated heterocycles. The Morgan fingerprint density at radius 2 is 1.83 bits per heavy atom. The molecule has 2 heterocycles. The van der Waals surface area contributed by atoms with Gasteiger partial charge in [-0.15, -0.1) is 11.3 Å². The number of fused-ring (bicyclic) bond motifs is 1. The fourth-order valence-corrected chi connectivity index (χ4v) is 4.75. The third-order valence-electron chi connectivity index (χ3n) is 5.65. The van der Waals surface area contributed by atoms with E-state index < -0.39 is 0 Å². The van der Waals surface area contributed by atoms with Gasteiger partial charge in [-0.25, -0.2) is 0 Å². The van der Waals surface area contributed by atoms with Gasteiger partial charge in [0.2, 0.25) is 5.91 Å². The molecule has 0 radical (unpaired) electrons. The second-order valence-corrected chi connectivity index (χ2v) is 8.37. The summed E-state index contributed by atoms with van der Waals surface area (Å²) < 4.78 is 6.51. The van der Waals surface area contributed by atoms with Crippen LogP contribution in [0.2, 0.25) is 0 Å². The number of benzene rings is 2.